The third-order valence-corrected chi connectivity index (χ3v) is 7.63. The monoisotopic (exact) mass is 590 g/mol. The molecule has 0 bridgehead atoms. The van der Waals surface area contributed by atoms with E-state index in [-0.39, 0.29) is 23.9 Å². The van der Waals surface area contributed by atoms with Gasteiger partial charge in [-0.15, -0.1) is 0 Å². The summed E-state index contributed by atoms with van der Waals surface area (Å²) < 4.78 is 2.98. The molecule has 3 amide bonds. The number of carbonyl (C=O) groups is 4. The van der Waals surface area contributed by atoms with Crippen LogP contribution in [0.5, 0.6) is 0 Å². The van der Waals surface area contributed by atoms with E-state index in [0.717, 1.165) is 43.4 Å². The Balaban J connectivity index is 0.000000352. The number of fused-ring (bicyclic) bond motifs is 1. The topological polar surface area (TPSA) is 119 Å². The van der Waals surface area contributed by atoms with Gasteiger partial charge in [-0.25, -0.2) is 4.79 Å². The van der Waals surface area contributed by atoms with Crippen molar-refractivity contribution in [3.63, 3.8) is 0 Å². The third kappa shape index (κ3) is 13.1. The molecule has 1 saturated heterocycles. The lowest BCUT2D eigenvalue weighted by atomic mass is 10.1. The Labute approximate surface area is 250 Å². The fraction of sp³-hybridized carbons (Fsp3) is 0.613. The molecule has 10 heteroatoms. The van der Waals surface area contributed by atoms with Gasteiger partial charge < -0.3 is 20.1 Å². The van der Waals surface area contributed by atoms with Crippen LogP contribution in [0.4, 0.5) is 4.79 Å². The average Bonchev–Trinajstić information content (AvgIpc) is 3.33. The number of unbranched alkanes of at least 4 members (excludes halogenated alkanes) is 2. The van der Waals surface area contributed by atoms with Gasteiger partial charge in [-0.3, -0.25) is 19.2 Å². The van der Waals surface area contributed by atoms with E-state index >= 15 is 0 Å². The molecule has 3 atom stereocenters. The van der Waals surface area contributed by atoms with Gasteiger partial charge in [-0.2, -0.15) is 0 Å². The number of carbonyl (C=O) groups excluding carboxylic acids is 3. The second-order valence-corrected chi connectivity index (χ2v) is 12.0. The van der Waals surface area contributed by atoms with Crippen LogP contribution >= 0.6 is 11.9 Å². The second-order valence-electron chi connectivity index (χ2n) is 10.5. The summed E-state index contributed by atoms with van der Waals surface area (Å²) in [4.78, 5) is 45.9. The molecule has 0 radical (unpaired) electrons. The minimum Gasteiger partial charge on any atom is -0.465 e. The first kappa shape index (κ1) is 36.2. The van der Waals surface area contributed by atoms with Crippen LogP contribution in [0.25, 0.3) is 0 Å². The van der Waals surface area contributed by atoms with Gasteiger partial charge in [-0.05, 0) is 49.8 Å². The number of allylic oxidation sites excluding steroid dienone is 1. The molecule has 0 spiro atoms. The van der Waals surface area contributed by atoms with Crippen molar-refractivity contribution < 1.29 is 24.3 Å². The molecule has 3 aliphatic rings. The first-order valence-electron chi connectivity index (χ1n) is 14.6. The predicted octanol–water partition coefficient (Wildman–Crippen LogP) is 5.40. The van der Waals surface area contributed by atoms with Gasteiger partial charge in [0.05, 0.1) is 0 Å². The van der Waals surface area contributed by atoms with Crippen LogP contribution in [-0.2, 0) is 27.5 Å². The van der Waals surface area contributed by atoms with Gasteiger partial charge >= 0.3 is 6.09 Å². The Morgan fingerprint density at radius 2 is 1.78 bits per heavy atom. The molecule has 41 heavy (non-hydrogen) atoms. The quantitative estimate of drug-likeness (QED) is 0.200. The molecule has 0 unspecified atom stereocenters. The molecule has 2 fully saturated rings. The van der Waals surface area contributed by atoms with Gasteiger partial charge in [0.25, 0.3) is 0 Å². The largest absolute Gasteiger partial charge is 0.465 e. The molecule has 2 aliphatic heterocycles. The molecular weight excluding hydrogens is 540 g/mol. The Bertz CT molecular complexity index is 949. The van der Waals surface area contributed by atoms with Gasteiger partial charge in [0.15, 0.2) is 0 Å². The number of hydrogen-bond donors (Lipinski definition) is 3. The third-order valence-electron chi connectivity index (χ3n) is 6.92. The van der Waals surface area contributed by atoms with Crippen LogP contribution in [0.15, 0.2) is 36.4 Å². The summed E-state index contributed by atoms with van der Waals surface area (Å²) in [6, 6.07) is 7.86. The summed E-state index contributed by atoms with van der Waals surface area (Å²) in [6.45, 7) is 12.2. The second kappa shape index (κ2) is 20.1. The summed E-state index contributed by atoms with van der Waals surface area (Å²) in [5, 5.41) is 12.5. The number of rotatable bonds is 9. The molecule has 1 aliphatic carbocycles. The van der Waals surface area contributed by atoms with E-state index in [1.807, 2.05) is 45.0 Å². The maximum Gasteiger partial charge on any atom is 0.407 e. The Morgan fingerprint density at radius 3 is 2.27 bits per heavy atom. The summed E-state index contributed by atoms with van der Waals surface area (Å²) >= 11 is 1.74. The number of hydrogen-bond acceptors (Lipinski definition) is 6. The number of nitrogens with zero attached hydrogens (tertiary/aromatic N) is 2. The smallest absolute Gasteiger partial charge is 0.407 e. The zero-order valence-electron chi connectivity index (χ0n) is 25.4. The molecule has 230 valence electrons. The Morgan fingerprint density at radius 1 is 1.15 bits per heavy atom. The van der Waals surface area contributed by atoms with Crippen molar-refractivity contribution in [2.75, 3.05) is 13.6 Å². The van der Waals surface area contributed by atoms with E-state index in [2.05, 4.69) is 43.0 Å². The average molecular weight is 591 g/mol. The van der Waals surface area contributed by atoms with Gasteiger partial charge in [-0.1, -0.05) is 88.9 Å². The minimum atomic E-state index is -0.841. The maximum atomic E-state index is 12.3. The van der Waals surface area contributed by atoms with Crippen molar-refractivity contribution >= 4 is 36.6 Å². The Kier molecular flexibility index (Phi) is 17.7. The fourth-order valence-electron chi connectivity index (χ4n) is 4.71. The summed E-state index contributed by atoms with van der Waals surface area (Å²) in [6.07, 6.45) is 10.5. The van der Waals surface area contributed by atoms with E-state index in [4.69, 9.17) is 9.90 Å². The highest BCUT2D eigenvalue weighted by Crippen LogP contribution is 2.32. The van der Waals surface area contributed by atoms with Crippen LogP contribution in [0.1, 0.15) is 83.8 Å². The van der Waals surface area contributed by atoms with Crippen molar-refractivity contribution in [1.29, 1.82) is 0 Å². The summed E-state index contributed by atoms with van der Waals surface area (Å²) in [5.74, 6) is 0.644. The maximum absolute atomic E-state index is 12.3. The standard InChI is InChI=1S/C17H28N2O2.C9H9NO2.C4H11NS.CH2O/c1-3-5-6-7-9-13-12-14(13)18-17(21)15-10-8-11-19(15)16(20)4-2;11-9(12)10-5-7-3-1-2-4-8(7)6-10;1-4(2)6-5-3;1-2/h7,9,13-15H,3-6,8,10-12H2,1-2H3,(H,18,21);1-4H,5-6H2,(H,11,12);4-5H,1-3H3;1H2/b9-7-;;;/t13-,14-,15+;;;/m1.../s1. The van der Waals surface area contributed by atoms with Crippen LogP contribution < -0.4 is 10.0 Å². The van der Waals surface area contributed by atoms with Crippen molar-refractivity contribution in [3.05, 3.63) is 47.5 Å². The molecule has 9 nitrogen and oxygen atoms in total. The lowest BCUT2D eigenvalue weighted by molar-refractivity contribution is -0.138. The van der Waals surface area contributed by atoms with Crippen LogP contribution in [0, 0.1) is 5.92 Å². The molecule has 4 rings (SSSR count). The number of likely N-dealkylation sites (tertiary alicyclic amines) is 1. The van der Waals surface area contributed by atoms with E-state index in [0.29, 0.717) is 30.7 Å². The summed E-state index contributed by atoms with van der Waals surface area (Å²) in [7, 11) is 1.94. The molecule has 1 saturated carbocycles. The minimum absolute atomic E-state index is 0.0451. The number of nitrogens with one attached hydrogen (secondary N) is 2. The molecule has 1 aromatic carbocycles. The van der Waals surface area contributed by atoms with Crippen LogP contribution in [0.3, 0.4) is 0 Å². The molecule has 0 aromatic heterocycles. The van der Waals surface area contributed by atoms with Crippen molar-refractivity contribution in [2.45, 2.75) is 103 Å². The highest BCUT2D eigenvalue weighted by atomic mass is 32.2. The number of benzene rings is 1. The molecule has 2 heterocycles. The first-order valence-corrected chi connectivity index (χ1v) is 15.5. The Hall–Kier alpha value is -2.85. The van der Waals surface area contributed by atoms with E-state index in [1.165, 1.54) is 17.7 Å². The normalized spacial score (nSPS) is 20.2. The molecular formula is C31H50N4O5S. The SMILES string of the molecule is C=O.CCCC/C=C\[C@@H]1C[C@H]1NC(=O)[C@@H]1CCCN1C(=O)CC.CNSC(C)C.O=C(O)N1Cc2ccccc2C1. The number of amides is 3. The lowest BCUT2D eigenvalue weighted by Crippen LogP contribution is -2.46. The van der Waals surface area contributed by atoms with Crippen LogP contribution in [-0.4, -0.2) is 70.5 Å². The molecule has 1 aromatic rings. The first-order chi connectivity index (χ1) is 19.7. The summed E-state index contributed by atoms with van der Waals surface area (Å²) in [5.41, 5.74) is 2.25. The molecule has 3 N–H and O–H groups in total. The highest BCUT2D eigenvalue weighted by Gasteiger charge is 2.40. The lowest BCUT2D eigenvalue weighted by Gasteiger charge is -2.23. The van der Waals surface area contributed by atoms with Gasteiger partial charge in [0, 0.05) is 37.3 Å². The van der Waals surface area contributed by atoms with Gasteiger partial charge in [0.1, 0.15) is 12.8 Å². The van der Waals surface area contributed by atoms with Crippen molar-refractivity contribution in [1.82, 2.24) is 19.8 Å². The van der Waals surface area contributed by atoms with E-state index in [1.54, 1.807) is 16.8 Å². The van der Waals surface area contributed by atoms with E-state index < -0.39 is 6.09 Å². The van der Waals surface area contributed by atoms with E-state index in [9.17, 15) is 14.4 Å². The van der Waals surface area contributed by atoms with Crippen LogP contribution in [0.2, 0.25) is 0 Å². The van der Waals surface area contributed by atoms with Crippen molar-refractivity contribution in [3.8, 4) is 0 Å². The van der Waals surface area contributed by atoms with Crippen molar-refractivity contribution in [2.24, 2.45) is 5.92 Å². The zero-order valence-corrected chi connectivity index (χ0v) is 26.3. The predicted molar refractivity (Wildman–Crippen MR) is 166 cm³/mol. The zero-order chi connectivity index (χ0) is 30.8. The number of carboxylic acid groups (broad SMARTS) is 1. The van der Waals surface area contributed by atoms with Gasteiger partial charge in [0.2, 0.25) is 11.8 Å². The highest BCUT2D eigenvalue weighted by molar-refractivity contribution is 7.97. The fourth-order valence-corrected chi connectivity index (χ4v) is 5.18.